The highest BCUT2D eigenvalue weighted by Gasteiger charge is 2.28. The lowest BCUT2D eigenvalue weighted by Crippen LogP contribution is -2.44. The van der Waals surface area contributed by atoms with Crippen LogP contribution in [0.4, 0.5) is 10.1 Å². The lowest BCUT2D eigenvalue weighted by Gasteiger charge is -2.33. The molecule has 126 valence electrons. The molecular weight excluding hydrogens is 321 g/mol. The first-order chi connectivity index (χ1) is 12.2. The fourth-order valence-corrected chi connectivity index (χ4v) is 2.94. The number of nitrogens with zero attached hydrogens (tertiary/aromatic N) is 2. The zero-order valence-corrected chi connectivity index (χ0v) is 13.5. The van der Waals surface area contributed by atoms with Gasteiger partial charge >= 0.3 is 0 Å². The summed E-state index contributed by atoms with van der Waals surface area (Å²) in [6, 6.07) is 15.6. The van der Waals surface area contributed by atoms with Gasteiger partial charge in [-0.3, -0.25) is 0 Å². The normalized spacial score (nSPS) is 16.3. The zero-order chi connectivity index (χ0) is 17.4. The van der Waals surface area contributed by atoms with Crippen LogP contribution in [0.1, 0.15) is 11.7 Å². The summed E-state index contributed by atoms with van der Waals surface area (Å²) < 4.78 is 25.0. The van der Waals surface area contributed by atoms with E-state index in [1.807, 2.05) is 24.3 Å². The molecule has 2 heterocycles. The molecule has 5 nitrogen and oxygen atoms in total. The second kappa shape index (κ2) is 5.98. The lowest BCUT2D eigenvalue weighted by atomic mass is 10.1. The number of halogens is 1. The van der Waals surface area contributed by atoms with Crippen molar-refractivity contribution < 1.29 is 13.5 Å². The maximum atomic E-state index is 14.4. The van der Waals surface area contributed by atoms with Crippen molar-refractivity contribution >= 4 is 11.5 Å². The first kappa shape index (κ1) is 15.3. The average molecular weight is 337 g/mol. The molecule has 2 N–H and O–H groups in total. The van der Waals surface area contributed by atoms with Gasteiger partial charge in [-0.1, -0.05) is 18.2 Å². The van der Waals surface area contributed by atoms with Crippen LogP contribution >= 0.6 is 0 Å². The molecule has 0 saturated carbocycles. The minimum Gasteiger partial charge on any atom is -0.497 e. The molecule has 1 aliphatic rings. The van der Waals surface area contributed by atoms with E-state index in [2.05, 4.69) is 4.99 Å². The number of hydrogen-bond donors (Lipinski definition) is 1. The Hall–Kier alpha value is -3.28. The molecule has 1 aliphatic heterocycles. The molecular formula is C19H16FN3O2. The van der Waals surface area contributed by atoms with Crippen molar-refractivity contribution in [3.63, 3.8) is 0 Å². The number of ether oxygens (including phenoxy) is 1. The molecule has 25 heavy (non-hydrogen) atoms. The van der Waals surface area contributed by atoms with Gasteiger partial charge in [0.25, 0.3) is 0 Å². The molecule has 0 amide bonds. The lowest BCUT2D eigenvalue weighted by molar-refractivity contribution is 0.414. The Balaban J connectivity index is 1.92. The zero-order valence-electron chi connectivity index (χ0n) is 13.5. The van der Waals surface area contributed by atoms with Crippen molar-refractivity contribution in [1.29, 1.82) is 0 Å². The molecule has 0 spiro atoms. The Morgan fingerprint density at radius 3 is 2.60 bits per heavy atom. The topological polar surface area (TPSA) is 64.0 Å². The Bertz CT molecular complexity index is 1030. The van der Waals surface area contributed by atoms with Crippen molar-refractivity contribution in [1.82, 2.24) is 0 Å². The summed E-state index contributed by atoms with van der Waals surface area (Å²) >= 11 is 0. The van der Waals surface area contributed by atoms with E-state index >= 15 is 0 Å². The molecule has 2 aromatic carbocycles. The van der Waals surface area contributed by atoms with E-state index in [0.717, 1.165) is 11.4 Å². The van der Waals surface area contributed by atoms with Crippen molar-refractivity contribution in [2.75, 3.05) is 12.0 Å². The highest BCUT2D eigenvalue weighted by molar-refractivity contribution is 5.69. The molecule has 6 heteroatoms. The maximum Gasteiger partial charge on any atom is 0.227 e. The quantitative estimate of drug-likeness (QED) is 0.796. The number of methoxy groups -OCH3 is 1. The van der Waals surface area contributed by atoms with Crippen molar-refractivity contribution in [3.05, 3.63) is 83.0 Å². The largest absolute Gasteiger partial charge is 0.497 e. The van der Waals surface area contributed by atoms with Gasteiger partial charge in [-0.25, -0.2) is 9.38 Å². The monoisotopic (exact) mass is 337 g/mol. The van der Waals surface area contributed by atoms with Crippen LogP contribution in [0.3, 0.4) is 0 Å². The Morgan fingerprint density at radius 1 is 1.12 bits per heavy atom. The number of rotatable bonds is 3. The van der Waals surface area contributed by atoms with E-state index < -0.39 is 6.17 Å². The van der Waals surface area contributed by atoms with Gasteiger partial charge in [0.1, 0.15) is 17.4 Å². The number of nitrogens with two attached hydrogens (primary N) is 1. The van der Waals surface area contributed by atoms with Crippen LogP contribution in [0.5, 0.6) is 5.75 Å². The summed E-state index contributed by atoms with van der Waals surface area (Å²) in [6.45, 7) is 0. The van der Waals surface area contributed by atoms with Gasteiger partial charge in [0.15, 0.2) is 6.17 Å². The summed E-state index contributed by atoms with van der Waals surface area (Å²) in [4.78, 5) is 6.36. The van der Waals surface area contributed by atoms with E-state index in [9.17, 15) is 4.39 Å². The Labute approximate surface area is 143 Å². The van der Waals surface area contributed by atoms with Gasteiger partial charge in [0, 0.05) is 11.3 Å². The Kier molecular flexibility index (Phi) is 3.65. The number of anilines is 1. The highest BCUT2D eigenvalue weighted by Crippen LogP contribution is 2.33. The van der Waals surface area contributed by atoms with Gasteiger partial charge < -0.3 is 19.8 Å². The van der Waals surface area contributed by atoms with E-state index in [1.165, 1.54) is 12.3 Å². The molecule has 0 radical (unpaired) electrons. The van der Waals surface area contributed by atoms with E-state index in [4.69, 9.17) is 14.9 Å². The summed E-state index contributed by atoms with van der Waals surface area (Å²) in [5, 5.41) is 0.684. The van der Waals surface area contributed by atoms with Crippen LogP contribution in [-0.4, -0.2) is 7.11 Å². The summed E-state index contributed by atoms with van der Waals surface area (Å²) in [5.41, 5.74) is 7.98. The van der Waals surface area contributed by atoms with Crippen LogP contribution in [0.2, 0.25) is 0 Å². The molecule has 0 fully saturated rings. The average Bonchev–Trinajstić information content (AvgIpc) is 3.11. The minimum atomic E-state index is -0.659. The van der Waals surface area contributed by atoms with Crippen molar-refractivity contribution in [2.45, 2.75) is 6.17 Å². The minimum absolute atomic E-state index is 0.349. The second-order valence-electron chi connectivity index (χ2n) is 5.62. The highest BCUT2D eigenvalue weighted by atomic mass is 19.1. The third-order valence-corrected chi connectivity index (χ3v) is 4.20. The summed E-state index contributed by atoms with van der Waals surface area (Å²) in [6.07, 6.45) is 0.866. The summed E-state index contributed by atoms with van der Waals surface area (Å²) in [7, 11) is 1.60. The first-order valence-electron chi connectivity index (χ1n) is 7.78. The van der Waals surface area contributed by atoms with E-state index in [1.54, 1.807) is 36.3 Å². The molecule has 4 rings (SSSR count). The number of furan rings is 1. The van der Waals surface area contributed by atoms with Gasteiger partial charge in [0.05, 0.1) is 18.6 Å². The molecule has 1 unspecified atom stereocenters. The van der Waals surface area contributed by atoms with Crippen molar-refractivity contribution in [3.8, 4) is 5.75 Å². The van der Waals surface area contributed by atoms with Gasteiger partial charge in [-0.15, -0.1) is 0 Å². The van der Waals surface area contributed by atoms with Gasteiger partial charge in [-0.2, -0.15) is 0 Å². The Morgan fingerprint density at radius 2 is 1.88 bits per heavy atom. The third-order valence-electron chi connectivity index (χ3n) is 4.20. The molecule has 1 atom stereocenters. The fraction of sp³-hybridized carbons (Fsp3) is 0.105. The van der Waals surface area contributed by atoms with Crippen LogP contribution < -0.4 is 26.1 Å². The second-order valence-corrected chi connectivity index (χ2v) is 5.62. The molecule has 3 aromatic rings. The smallest absolute Gasteiger partial charge is 0.227 e. The number of hydrogen-bond acceptors (Lipinski definition) is 5. The van der Waals surface area contributed by atoms with Gasteiger partial charge in [-0.05, 0) is 36.4 Å². The fourth-order valence-electron chi connectivity index (χ4n) is 2.94. The standard InChI is InChI=1S/C19H16FN3O2/c1-24-13-8-6-12(7-9-13)23-17(21)15-10-11-25-19(15)22-18(23)14-4-2-3-5-16(14)20/h2-11,18H,21H2,1H3. The molecule has 1 aromatic heterocycles. The van der Waals surface area contributed by atoms with Crippen LogP contribution in [0.25, 0.3) is 5.82 Å². The predicted octanol–water partition coefficient (Wildman–Crippen LogP) is 2.29. The molecule has 0 saturated heterocycles. The van der Waals surface area contributed by atoms with Crippen LogP contribution in [0, 0.1) is 5.82 Å². The first-order valence-corrected chi connectivity index (χ1v) is 7.78. The number of benzene rings is 2. The molecule has 0 bridgehead atoms. The third kappa shape index (κ3) is 2.52. The van der Waals surface area contributed by atoms with E-state index in [0.29, 0.717) is 22.2 Å². The maximum absolute atomic E-state index is 14.4. The van der Waals surface area contributed by atoms with Gasteiger partial charge in [0.2, 0.25) is 5.55 Å². The predicted molar refractivity (Wildman–Crippen MR) is 91.7 cm³/mol. The number of fused-ring (bicyclic) bond motifs is 1. The van der Waals surface area contributed by atoms with Crippen LogP contribution in [-0.2, 0) is 0 Å². The SMILES string of the molecule is COc1ccc(N2C(N)=c3ccoc3=NC2c2ccccc2F)cc1. The van der Waals surface area contributed by atoms with E-state index in [-0.39, 0.29) is 5.82 Å². The van der Waals surface area contributed by atoms with Crippen molar-refractivity contribution in [2.24, 2.45) is 10.7 Å². The molecule has 0 aliphatic carbocycles. The summed E-state index contributed by atoms with van der Waals surface area (Å²) in [5.74, 6) is 0.831. The van der Waals surface area contributed by atoms with Crippen LogP contribution in [0.15, 0.2) is 70.3 Å².